The monoisotopic (exact) mass is 296 g/mol. The van der Waals surface area contributed by atoms with Gasteiger partial charge in [-0.05, 0) is 42.5 Å². The largest absolute Gasteiger partial charge is 0.416 e. The molecule has 0 unspecified atom stereocenters. The van der Waals surface area contributed by atoms with Crippen molar-refractivity contribution >= 4 is 23.0 Å². The Morgan fingerprint density at radius 1 is 1.00 bits per heavy atom. The van der Waals surface area contributed by atoms with Gasteiger partial charge in [-0.2, -0.15) is 18.4 Å². The molecule has 0 aromatic heterocycles. The molecule has 0 atom stereocenters. The molecular weight excluding hydrogens is 289 g/mol. The quantitative estimate of drug-likeness (QED) is 0.849. The van der Waals surface area contributed by atoms with Gasteiger partial charge in [-0.25, -0.2) is 0 Å². The van der Waals surface area contributed by atoms with E-state index in [-0.39, 0.29) is 10.7 Å². The van der Waals surface area contributed by atoms with Gasteiger partial charge in [0.15, 0.2) is 0 Å². The molecule has 2 aromatic carbocycles. The topological polar surface area (TPSA) is 35.8 Å². The summed E-state index contributed by atoms with van der Waals surface area (Å²) >= 11 is 5.69. The van der Waals surface area contributed by atoms with Crippen molar-refractivity contribution in [3.8, 4) is 6.07 Å². The van der Waals surface area contributed by atoms with Crippen molar-refractivity contribution in [1.29, 1.82) is 5.26 Å². The molecule has 2 rings (SSSR count). The smallest absolute Gasteiger partial charge is 0.355 e. The summed E-state index contributed by atoms with van der Waals surface area (Å²) in [7, 11) is 0. The lowest BCUT2D eigenvalue weighted by molar-refractivity contribution is -0.137. The molecule has 0 spiro atoms. The van der Waals surface area contributed by atoms with E-state index in [2.05, 4.69) is 5.32 Å². The second-order valence-corrected chi connectivity index (χ2v) is 4.48. The highest BCUT2D eigenvalue weighted by molar-refractivity contribution is 6.31. The molecule has 0 saturated heterocycles. The molecule has 0 aliphatic heterocycles. The van der Waals surface area contributed by atoms with E-state index >= 15 is 0 Å². The Hall–Kier alpha value is -2.19. The van der Waals surface area contributed by atoms with E-state index in [1.165, 1.54) is 6.07 Å². The van der Waals surface area contributed by atoms with Gasteiger partial charge in [0, 0.05) is 16.4 Å². The van der Waals surface area contributed by atoms with Crippen molar-refractivity contribution in [3.05, 3.63) is 58.6 Å². The van der Waals surface area contributed by atoms with Crippen LogP contribution in [0.15, 0.2) is 42.5 Å². The van der Waals surface area contributed by atoms with Gasteiger partial charge in [0.25, 0.3) is 0 Å². The highest BCUT2D eigenvalue weighted by Crippen LogP contribution is 2.34. The molecule has 2 aromatic rings. The molecule has 0 bridgehead atoms. The van der Waals surface area contributed by atoms with Gasteiger partial charge in [-0.3, -0.25) is 0 Å². The first-order chi connectivity index (χ1) is 9.38. The van der Waals surface area contributed by atoms with Crippen LogP contribution in [0.1, 0.15) is 11.1 Å². The predicted molar refractivity (Wildman–Crippen MR) is 70.9 cm³/mol. The number of halogens is 4. The molecular formula is C14H8ClF3N2. The summed E-state index contributed by atoms with van der Waals surface area (Å²) in [6.07, 6.45) is -4.45. The van der Waals surface area contributed by atoms with E-state index in [1.807, 2.05) is 6.07 Å². The second kappa shape index (κ2) is 5.43. The van der Waals surface area contributed by atoms with E-state index in [0.717, 1.165) is 12.1 Å². The normalized spacial score (nSPS) is 10.9. The van der Waals surface area contributed by atoms with Crippen molar-refractivity contribution in [2.45, 2.75) is 6.18 Å². The van der Waals surface area contributed by atoms with Crippen LogP contribution in [0.25, 0.3) is 0 Å². The summed E-state index contributed by atoms with van der Waals surface area (Å²) in [4.78, 5) is 0. The fraction of sp³-hybridized carbons (Fsp3) is 0.0714. The SMILES string of the molecule is N#Cc1ccc(Nc2cc(Cl)cc(C(F)(F)F)c2)cc1. The fourth-order valence-corrected chi connectivity index (χ4v) is 1.86. The number of benzene rings is 2. The summed E-state index contributed by atoms with van der Waals surface area (Å²) in [5.41, 5.74) is 0.452. The minimum absolute atomic E-state index is 0.00373. The molecule has 2 nitrogen and oxygen atoms in total. The Morgan fingerprint density at radius 3 is 2.20 bits per heavy atom. The number of nitrogens with zero attached hydrogens (tertiary/aromatic N) is 1. The van der Waals surface area contributed by atoms with Gasteiger partial charge in [0.2, 0.25) is 0 Å². The van der Waals surface area contributed by atoms with Crippen LogP contribution in [-0.4, -0.2) is 0 Å². The van der Waals surface area contributed by atoms with Crippen molar-refractivity contribution in [2.24, 2.45) is 0 Å². The summed E-state index contributed by atoms with van der Waals surface area (Å²) in [6.45, 7) is 0. The molecule has 0 saturated carbocycles. The number of anilines is 2. The number of hydrogen-bond acceptors (Lipinski definition) is 2. The molecule has 0 aliphatic carbocycles. The van der Waals surface area contributed by atoms with Crippen molar-refractivity contribution in [3.63, 3.8) is 0 Å². The molecule has 0 aliphatic rings. The van der Waals surface area contributed by atoms with Gasteiger partial charge < -0.3 is 5.32 Å². The van der Waals surface area contributed by atoms with Gasteiger partial charge in [-0.1, -0.05) is 11.6 Å². The van der Waals surface area contributed by atoms with E-state index in [0.29, 0.717) is 11.3 Å². The van der Waals surface area contributed by atoms with E-state index in [1.54, 1.807) is 24.3 Å². The molecule has 0 heterocycles. The minimum Gasteiger partial charge on any atom is -0.355 e. The zero-order chi connectivity index (χ0) is 14.8. The number of rotatable bonds is 2. The van der Waals surface area contributed by atoms with Gasteiger partial charge in [0.1, 0.15) is 0 Å². The predicted octanol–water partition coefficient (Wildman–Crippen LogP) is 4.97. The highest BCUT2D eigenvalue weighted by Gasteiger charge is 2.31. The molecule has 0 radical (unpaired) electrons. The maximum Gasteiger partial charge on any atom is 0.416 e. The summed E-state index contributed by atoms with van der Waals surface area (Å²) in [5, 5.41) is 11.5. The van der Waals surface area contributed by atoms with Crippen LogP contribution in [0, 0.1) is 11.3 Å². The third-order valence-electron chi connectivity index (χ3n) is 2.53. The lowest BCUT2D eigenvalue weighted by atomic mass is 10.1. The zero-order valence-corrected chi connectivity index (χ0v) is 10.8. The lowest BCUT2D eigenvalue weighted by Crippen LogP contribution is -2.05. The Labute approximate surface area is 118 Å². The molecule has 6 heteroatoms. The average molecular weight is 297 g/mol. The van der Waals surface area contributed by atoms with Crippen LogP contribution in [0.4, 0.5) is 24.5 Å². The summed E-state index contributed by atoms with van der Waals surface area (Å²) < 4.78 is 38.0. The number of nitrogens with one attached hydrogen (secondary N) is 1. The molecule has 0 fully saturated rings. The van der Waals surface area contributed by atoms with Gasteiger partial charge >= 0.3 is 6.18 Å². The van der Waals surface area contributed by atoms with Crippen LogP contribution in [-0.2, 0) is 6.18 Å². The van der Waals surface area contributed by atoms with E-state index in [4.69, 9.17) is 16.9 Å². The minimum atomic E-state index is -4.45. The van der Waals surface area contributed by atoms with Crippen LogP contribution < -0.4 is 5.32 Å². The van der Waals surface area contributed by atoms with Gasteiger partial charge in [0.05, 0.1) is 17.2 Å². The Morgan fingerprint density at radius 2 is 1.65 bits per heavy atom. The molecule has 0 amide bonds. The Bertz CT molecular complexity index is 658. The summed E-state index contributed by atoms with van der Waals surface area (Å²) in [6, 6.07) is 11.5. The highest BCUT2D eigenvalue weighted by atomic mass is 35.5. The standard InChI is InChI=1S/C14H8ClF3N2/c15-11-5-10(14(16,17)18)6-13(7-11)20-12-3-1-9(8-19)2-4-12/h1-7,20H. The first kappa shape index (κ1) is 14.2. The summed E-state index contributed by atoms with van der Waals surface area (Å²) in [5.74, 6) is 0. The third kappa shape index (κ3) is 3.43. The van der Waals surface area contributed by atoms with E-state index in [9.17, 15) is 13.2 Å². The first-order valence-electron chi connectivity index (χ1n) is 5.53. The number of hydrogen-bond donors (Lipinski definition) is 1. The zero-order valence-electron chi connectivity index (χ0n) is 10.0. The van der Waals surface area contributed by atoms with Crippen molar-refractivity contribution in [2.75, 3.05) is 5.32 Å². The van der Waals surface area contributed by atoms with Crippen LogP contribution in [0.3, 0.4) is 0 Å². The fourth-order valence-electron chi connectivity index (χ4n) is 1.62. The number of alkyl halides is 3. The lowest BCUT2D eigenvalue weighted by Gasteiger charge is -2.11. The van der Waals surface area contributed by atoms with Crippen LogP contribution >= 0.6 is 11.6 Å². The maximum atomic E-state index is 12.7. The van der Waals surface area contributed by atoms with Crippen molar-refractivity contribution < 1.29 is 13.2 Å². The third-order valence-corrected chi connectivity index (χ3v) is 2.75. The number of nitriles is 1. The second-order valence-electron chi connectivity index (χ2n) is 4.04. The Balaban J connectivity index is 2.29. The first-order valence-corrected chi connectivity index (χ1v) is 5.91. The van der Waals surface area contributed by atoms with Crippen molar-refractivity contribution in [1.82, 2.24) is 0 Å². The molecule has 102 valence electrons. The maximum absolute atomic E-state index is 12.7. The molecule has 20 heavy (non-hydrogen) atoms. The van der Waals surface area contributed by atoms with Crippen LogP contribution in [0.5, 0.6) is 0 Å². The van der Waals surface area contributed by atoms with Gasteiger partial charge in [-0.15, -0.1) is 0 Å². The Kier molecular flexibility index (Phi) is 3.86. The average Bonchev–Trinajstić information content (AvgIpc) is 2.38. The van der Waals surface area contributed by atoms with E-state index < -0.39 is 11.7 Å². The molecule has 1 N–H and O–H groups in total. The van der Waals surface area contributed by atoms with Crippen LogP contribution in [0.2, 0.25) is 5.02 Å².